The van der Waals surface area contributed by atoms with Gasteiger partial charge in [0.05, 0.1) is 17.7 Å². The predicted octanol–water partition coefficient (Wildman–Crippen LogP) is 2.44. The summed E-state index contributed by atoms with van der Waals surface area (Å²) in [5, 5.41) is 5.15. The molecule has 0 radical (unpaired) electrons. The minimum atomic E-state index is -4.07. The number of anilines is 1. The normalized spacial score (nSPS) is 12.7. The number of ether oxygens (including phenoxy) is 1. The van der Waals surface area contributed by atoms with Crippen LogP contribution >= 0.6 is 0 Å². The van der Waals surface area contributed by atoms with Crippen molar-refractivity contribution < 1.29 is 21.6 Å². The van der Waals surface area contributed by atoms with Gasteiger partial charge < -0.3 is 4.74 Å². The Balaban J connectivity index is 2.38. The second kappa shape index (κ2) is 6.90. The summed E-state index contributed by atoms with van der Waals surface area (Å²) in [6.07, 6.45) is 0. The molecule has 0 unspecified atom stereocenters. The van der Waals surface area contributed by atoms with E-state index >= 15 is 0 Å². The van der Waals surface area contributed by atoms with Crippen LogP contribution in [-0.4, -0.2) is 23.9 Å². The molecule has 0 heterocycles. The molecule has 0 bridgehead atoms. The molecule has 0 amide bonds. The van der Waals surface area contributed by atoms with Crippen LogP contribution in [0.1, 0.15) is 26.3 Å². The van der Waals surface area contributed by atoms with Gasteiger partial charge in [-0.1, -0.05) is 32.9 Å². The van der Waals surface area contributed by atoms with Gasteiger partial charge in [0.1, 0.15) is 10.6 Å². The van der Waals surface area contributed by atoms with Crippen molar-refractivity contribution in [3.05, 3.63) is 48.0 Å². The van der Waals surface area contributed by atoms with E-state index < -0.39 is 20.0 Å². The van der Waals surface area contributed by atoms with Crippen LogP contribution in [0.4, 0.5) is 5.69 Å². The number of primary sulfonamides is 1. The first-order chi connectivity index (χ1) is 11.8. The summed E-state index contributed by atoms with van der Waals surface area (Å²) < 4.78 is 55.7. The number of hydrogen-bond acceptors (Lipinski definition) is 5. The molecule has 0 aliphatic carbocycles. The monoisotopic (exact) mass is 398 g/mol. The molecule has 3 N–H and O–H groups in total. The Kier molecular flexibility index (Phi) is 5.36. The molecule has 0 aliphatic rings. The minimum absolute atomic E-state index is 0.0324. The fourth-order valence-electron chi connectivity index (χ4n) is 2.31. The molecule has 9 heteroatoms. The van der Waals surface area contributed by atoms with Crippen LogP contribution in [0.25, 0.3) is 0 Å². The van der Waals surface area contributed by atoms with Gasteiger partial charge in [0, 0.05) is 0 Å². The lowest BCUT2D eigenvalue weighted by Crippen LogP contribution is -2.16. The summed E-state index contributed by atoms with van der Waals surface area (Å²) in [5.74, 6) is 0.0324. The number of nitrogens with one attached hydrogen (secondary N) is 1. The van der Waals surface area contributed by atoms with Crippen molar-refractivity contribution in [3.63, 3.8) is 0 Å². The molecule has 7 nitrogen and oxygen atoms in total. The zero-order valence-corrected chi connectivity index (χ0v) is 16.6. The van der Waals surface area contributed by atoms with E-state index in [2.05, 4.69) is 4.72 Å². The lowest BCUT2D eigenvalue weighted by Gasteiger charge is -2.19. The Bertz CT molecular complexity index is 1010. The second-order valence-electron chi connectivity index (χ2n) is 6.79. The number of methoxy groups -OCH3 is 1. The highest BCUT2D eigenvalue weighted by Gasteiger charge is 2.20. The maximum Gasteiger partial charge on any atom is 0.261 e. The van der Waals surface area contributed by atoms with E-state index in [0.29, 0.717) is 0 Å². The highest BCUT2D eigenvalue weighted by Crippen LogP contribution is 2.28. The van der Waals surface area contributed by atoms with Crippen LogP contribution in [-0.2, 0) is 25.5 Å². The fraction of sp³-hybridized carbons (Fsp3) is 0.294. The summed E-state index contributed by atoms with van der Waals surface area (Å²) in [7, 11) is -6.66. The van der Waals surface area contributed by atoms with Gasteiger partial charge >= 0.3 is 0 Å². The topological polar surface area (TPSA) is 116 Å². The molecule has 0 aliphatic heterocycles. The maximum absolute atomic E-state index is 12.6. The Hall–Kier alpha value is -2.10. The quantitative estimate of drug-likeness (QED) is 0.802. The van der Waals surface area contributed by atoms with Crippen LogP contribution < -0.4 is 14.6 Å². The van der Waals surface area contributed by atoms with Gasteiger partial charge in [-0.05, 0) is 41.3 Å². The minimum Gasteiger partial charge on any atom is -0.495 e. The number of nitrogens with two attached hydrogens (primary N) is 1. The Labute approximate surface area is 154 Å². The van der Waals surface area contributed by atoms with Crippen molar-refractivity contribution in [1.29, 1.82) is 0 Å². The molecule has 26 heavy (non-hydrogen) atoms. The Morgan fingerprint density at radius 1 is 0.962 bits per heavy atom. The number of hydrogen-bond donors (Lipinski definition) is 2. The third-order valence-corrected chi connectivity index (χ3v) is 6.08. The summed E-state index contributed by atoms with van der Waals surface area (Å²) in [4.78, 5) is -0.234. The van der Waals surface area contributed by atoms with Crippen molar-refractivity contribution in [2.75, 3.05) is 11.8 Å². The lowest BCUT2D eigenvalue weighted by molar-refractivity contribution is 0.403. The highest BCUT2D eigenvalue weighted by molar-refractivity contribution is 7.92. The van der Waals surface area contributed by atoms with Gasteiger partial charge in [0.25, 0.3) is 10.0 Å². The molecule has 0 aromatic heterocycles. The molecule has 0 fully saturated rings. The van der Waals surface area contributed by atoms with Crippen LogP contribution in [0.5, 0.6) is 5.75 Å². The molecule has 0 spiro atoms. The van der Waals surface area contributed by atoms with Crippen molar-refractivity contribution in [3.8, 4) is 5.75 Å². The molecule has 0 saturated carbocycles. The lowest BCUT2D eigenvalue weighted by atomic mass is 9.87. The largest absolute Gasteiger partial charge is 0.495 e. The average molecular weight is 399 g/mol. The number of sulfonamides is 2. The van der Waals surface area contributed by atoms with Gasteiger partial charge in [-0.3, -0.25) is 4.72 Å². The van der Waals surface area contributed by atoms with Crippen molar-refractivity contribution in [2.45, 2.75) is 36.0 Å². The fourth-order valence-corrected chi connectivity index (χ4v) is 4.08. The van der Waals surface area contributed by atoms with Gasteiger partial charge in [0.2, 0.25) is 10.0 Å². The van der Waals surface area contributed by atoms with E-state index in [-0.39, 0.29) is 26.6 Å². The predicted molar refractivity (Wildman–Crippen MR) is 100 cm³/mol. The smallest absolute Gasteiger partial charge is 0.261 e. The Morgan fingerprint density at radius 2 is 1.54 bits per heavy atom. The van der Waals surface area contributed by atoms with E-state index in [4.69, 9.17) is 9.88 Å². The zero-order valence-electron chi connectivity index (χ0n) is 15.0. The average Bonchev–Trinajstić information content (AvgIpc) is 2.53. The molecule has 2 rings (SSSR count). The first-order valence-corrected chi connectivity index (χ1v) is 10.7. The van der Waals surface area contributed by atoms with Gasteiger partial charge in [0.15, 0.2) is 0 Å². The van der Waals surface area contributed by atoms with Crippen molar-refractivity contribution in [1.82, 2.24) is 0 Å². The third kappa shape index (κ3) is 4.54. The van der Waals surface area contributed by atoms with Crippen LogP contribution in [0.15, 0.2) is 52.3 Å². The molecule has 0 atom stereocenters. The maximum atomic E-state index is 12.6. The summed E-state index contributed by atoms with van der Waals surface area (Å²) in [6, 6.07) is 10.4. The molecular weight excluding hydrogens is 376 g/mol. The SMILES string of the molecule is COc1ccc(NS(=O)(=O)c2ccc(C(C)(C)C)cc2)cc1S(N)(=O)=O. The van der Waals surface area contributed by atoms with E-state index in [0.717, 1.165) is 11.6 Å². The van der Waals surface area contributed by atoms with Crippen molar-refractivity contribution >= 4 is 25.7 Å². The van der Waals surface area contributed by atoms with Crippen LogP contribution in [0.2, 0.25) is 0 Å². The molecular formula is C17H22N2O5S2. The molecule has 2 aromatic carbocycles. The van der Waals surface area contributed by atoms with Crippen LogP contribution in [0, 0.1) is 0 Å². The van der Waals surface area contributed by atoms with E-state index in [1.807, 2.05) is 20.8 Å². The van der Waals surface area contributed by atoms with E-state index in [1.54, 1.807) is 12.1 Å². The number of benzene rings is 2. The van der Waals surface area contributed by atoms with E-state index in [9.17, 15) is 16.8 Å². The first kappa shape index (κ1) is 20.2. The van der Waals surface area contributed by atoms with Crippen molar-refractivity contribution in [2.24, 2.45) is 5.14 Å². The molecule has 0 saturated heterocycles. The highest BCUT2D eigenvalue weighted by atomic mass is 32.2. The van der Waals surface area contributed by atoms with Gasteiger partial charge in [-0.2, -0.15) is 0 Å². The van der Waals surface area contributed by atoms with Gasteiger partial charge in [-0.25, -0.2) is 22.0 Å². The summed E-state index contributed by atoms with van der Waals surface area (Å²) in [6.45, 7) is 6.09. The first-order valence-electron chi connectivity index (χ1n) is 7.69. The standard InChI is InChI=1S/C17H22N2O5S2/c1-17(2,3)12-5-8-14(9-6-12)26(22,23)19-13-7-10-15(24-4)16(11-13)25(18,20)21/h5-11,19H,1-4H3,(H2,18,20,21). The second-order valence-corrected chi connectivity index (χ2v) is 10.0. The summed E-state index contributed by atoms with van der Waals surface area (Å²) in [5.41, 5.74) is 0.961. The van der Waals surface area contributed by atoms with Gasteiger partial charge in [-0.15, -0.1) is 0 Å². The molecule has 2 aromatic rings. The van der Waals surface area contributed by atoms with Crippen LogP contribution in [0.3, 0.4) is 0 Å². The zero-order chi connectivity index (χ0) is 19.8. The van der Waals surface area contributed by atoms with E-state index in [1.165, 1.54) is 31.4 Å². The summed E-state index contributed by atoms with van der Waals surface area (Å²) >= 11 is 0. The molecule has 142 valence electrons. The Morgan fingerprint density at radius 3 is 2.00 bits per heavy atom. The number of rotatable bonds is 5. The third-order valence-electron chi connectivity index (χ3n) is 3.75.